The van der Waals surface area contributed by atoms with Crippen molar-refractivity contribution in [2.75, 3.05) is 0 Å². The minimum absolute atomic E-state index is 0.715. The molecule has 1 aromatic carbocycles. The molecule has 3 aromatic rings. The van der Waals surface area contributed by atoms with Crippen LogP contribution in [0.15, 0.2) is 53.6 Å². The maximum atomic E-state index is 4.80. The summed E-state index contributed by atoms with van der Waals surface area (Å²) in [6.07, 6.45) is 4.67. The highest BCUT2D eigenvalue weighted by atomic mass is 16.5. The zero-order valence-electron chi connectivity index (χ0n) is 8.32. The Morgan fingerprint density at radius 2 is 2.00 bits per heavy atom. The lowest BCUT2D eigenvalue weighted by atomic mass is 10.3. The molecule has 0 fully saturated rings. The van der Waals surface area contributed by atoms with Crippen molar-refractivity contribution in [2.24, 2.45) is 0 Å². The zero-order valence-corrected chi connectivity index (χ0v) is 8.32. The molecule has 0 amide bonds. The first-order valence-corrected chi connectivity index (χ1v) is 4.80. The van der Waals surface area contributed by atoms with Crippen molar-refractivity contribution in [3.63, 3.8) is 0 Å². The minimum atomic E-state index is 0.715. The Morgan fingerprint density at radius 3 is 2.75 bits per heavy atom. The summed E-state index contributed by atoms with van der Waals surface area (Å²) in [6, 6.07) is 9.79. The van der Waals surface area contributed by atoms with Gasteiger partial charge in [0.15, 0.2) is 5.82 Å². The van der Waals surface area contributed by atoms with E-state index in [0.29, 0.717) is 5.82 Å². The normalized spacial score (nSPS) is 10.5. The van der Waals surface area contributed by atoms with Crippen molar-refractivity contribution in [3.05, 3.63) is 49.1 Å². The average Bonchev–Trinajstić information content (AvgIpc) is 3.01. The molecule has 0 aliphatic carbocycles. The van der Waals surface area contributed by atoms with Gasteiger partial charge in [-0.1, -0.05) is 23.4 Å². The number of aromatic nitrogens is 4. The van der Waals surface area contributed by atoms with Gasteiger partial charge in [-0.2, -0.15) is 5.10 Å². The predicted molar refractivity (Wildman–Crippen MR) is 56.9 cm³/mol. The smallest absolute Gasteiger partial charge is 0.168 e. The molecule has 0 saturated heterocycles. The lowest BCUT2D eigenvalue weighted by molar-refractivity contribution is 0.420. The Kier molecular flexibility index (Phi) is 2.00. The van der Waals surface area contributed by atoms with E-state index in [0.717, 1.165) is 11.3 Å². The van der Waals surface area contributed by atoms with Gasteiger partial charge in [-0.15, -0.1) is 0 Å². The Morgan fingerprint density at radius 1 is 1.12 bits per heavy atom. The van der Waals surface area contributed by atoms with Crippen LogP contribution in [0.25, 0.3) is 17.1 Å². The van der Waals surface area contributed by atoms with Crippen molar-refractivity contribution >= 4 is 0 Å². The number of benzene rings is 1. The van der Waals surface area contributed by atoms with Crippen molar-refractivity contribution < 1.29 is 4.52 Å². The summed E-state index contributed by atoms with van der Waals surface area (Å²) in [5, 5.41) is 7.84. The molecule has 5 heteroatoms. The summed E-state index contributed by atoms with van der Waals surface area (Å²) in [6.45, 7) is 0. The number of hydrogen-bond acceptors (Lipinski definition) is 4. The summed E-state index contributed by atoms with van der Waals surface area (Å²) in [7, 11) is 0. The fourth-order valence-corrected chi connectivity index (χ4v) is 1.51. The average molecular weight is 212 g/mol. The van der Waals surface area contributed by atoms with Gasteiger partial charge >= 0.3 is 0 Å². The van der Waals surface area contributed by atoms with E-state index in [9.17, 15) is 0 Å². The molecule has 0 saturated carbocycles. The molecule has 3 rings (SSSR count). The lowest BCUT2D eigenvalue weighted by Gasteiger charge is -2.02. The van der Waals surface area contributed by atoms with Crippen LogP contribution in [0, 0.1) is 0 Å². The van der Waals surface area contributed by atoms with Crippen molar-refractivity contribution in [1.82, 2.24) is 19.9 Å². The molecule has 2 aromatic heterocycles. The van der Waals surface area contributed by atoms with Gasteiger partial charge in [0.1, 0.15) is 12.6 Å². The van der Waals surface area contributed by atoms with E-state index in [1.807, 2.05) is 30.3 Å². The fraction of sp³-hybridized carbons (Fsp3) is 0. The molecule has 0 aliphatic rings. The molecular weight excluding hydrogens is 204 g/mol. The SMILES string of the molecule is c1ccc(-n2ncnc2-c2cnoc2)cc1. The standard InChI is InChI=1S/C11H8N4O/c1-2-4-10(5-3-1)15-11(12-8-13-15)9-6-14-16-7-9/h1-8H. The fourth-order valence-electron chi connectivity index (χ4n) is 1.51. The van der Waals surface area contributed by atoms with E-state index < -0.39 is 0 Å². The largest absolute Gasteiger partial charge is 0.364 e. The van der Waals surface area contributed by atoms with Gasteiger partial charge in [0.2, 0.25) is 0 Å². The first-order chi connectivity index (χ1) is 7.95. The van der Waals surface area contributed by atoms with E-state index in [2.05, 4.69) is 15.2 Å². The van der Waals surface area contributed by atoms with Gasteiger partial charge < -0.3 is 4.52 Å². The van der Waals surface area contributed by atoms with Gasteiger partial charge in [0.25, 0.3) is 0 Å². The summed E-state index contributed by atoms with van der Waals surface area (Å²) in [5.41, 5.74) is 1.76. The summed E-state index contributed by atoms with van der Waals surface area (Å²) < 4.78 is 6.54. The van der Waals surface area contributed by atoms with E-state index >= 15 is 0 Å². The van der Waals surface area contributed by atoms with Crippen LogP contribution in [0.5, 0.6) is 0 Å². The second kappa shape index (κ2) is 3.62. The summed E-state index contributed by atoms with van der Waals surface area (Å²) in [4.78, 5) is 4.19. The van der Waals surface area contributed by atoms with E-state index in [1.165, 1.54) is 6.33 Å². The lowest BCUT2D eigenvalue weighted by Crippen LogP contribution is -1.98. The molecule has 0 radical (unpaired) electrons. The predicted octanol–water partition coefficient (Wildman–Crippen LogP) is 1.92. The van der Waals surface area contributed by atoms with E-state index in [4.69, 9.17) is 4.52 Å². The molecule has 2 heterocycles. The molecule has 16 heavy (non-hydrogen) atoms. The molecule has 0 spiro atoms. The van der Waals surface area contributed by atoms with Gasteiger partial charge in [0, 0.05) is 0 Å². The van der Waals surface area contributed by atoms with Gasteiger partial charge in [-0.3, -0.25) is 0 Å². The van der Waals surface area contributed by atoms with Gasteiger partial charge in [-0.25, -0.2) is 9.67 Å². The first-order valence-electron chi connectivity index (χ1n) is 4.80. The number of hydrogen-bond donors (Lipinski definition) is 0. The van der Waals surface area contributed by atoms with E-state index in [1.54, 1.807) is 17.1 Å². The summed E-state index contributed by atoms with van der Waals surface area (Å²) in [5.74, 6) is 0.715. The third-order valence-electron chi connectivity index (χ3n) is 2.24. The molecule has 0 N–H and O–H groups in total. The number of nitrogens with zero attached hydrogens (tertiary/aromatic N) is 4. The zero-order chi connectivity index (χ0) is 10.8. The van der Waals surface area contributed by atoms with Crippen LogP contribution in [-0.2, 0) is 0 Å². The van der Waals surface area contributed by atoms with Crippen LogP contribution < -0.4 is 0 Å². The molecule has 0 bridgehead atoms. The van der Waals surface area contributed by atoms with Crippen LogP contribution in [-0.4, -0.2) is 19.9 Å². The third kappa shape index (κ3) is 1.38. The van der Waals surface area contributed by atoms with Crippen LogP contribution >= 0.6 is 0 Å². The molecule has 5 nitrogen and oxygen atoms in total. The molecular formula is C11H8N4O. The Bertz CT molecular complexity index is 571. The Balaban J connectivity index is 2.14. The third-order valence-corrected chi connectivity index (χ3v) is 2.24. The minimum Gasteiger partial charge on any atom is -0.364 e. The van der Waals surface area contributed by atoms with Crippen LogP contribution in [0.3, 0.4) is 0 Å². The molecule has 78 valence electrons. The quantitative estimate of drug-likeness (QED) is 0.651. The van der Waals surface area contributed by atoms with Crippen LogP contribution in [0.2, 0.25) is 0 Å². The van der Waals surface area contributed by atoms with Crippen LogP contribution in [0.1, 0.15) is 0 Å². The maximum absolute atomic E-state index is 4.80. The highest BCUT2D eigenvalue weighted by Crippen LogP contribution is 2.18. The Hall–Kier alpha value is -2.43. The molecule has 0 aliphatic heterocycles. The topological polar surface area (TPSA) is 56.7 Å². The van der Waals surface area contributed by atoms with E-state index in [-0.39, 0.29) is 0 Å². The van der Waals surface area contributed by atoms with Gasteiger partial charge in [-0.05, 0) is 12.1 Å². The van der Waals surface area contributed by atoms with Crippen LogP contribution in [0.4, 0.5) is 0 Å². The number of para-hydroxylation sites is 1. The van der Waals surface area contributed by atoms with Crippen molar-refractivity contribution in [2.45, 2.75) is 0 Å². The summed E-state index contributed by atoms with van der Waals surface area (Å²) >= 11 is 0. The molecule has 0 atom stereocenters. The number of rotatable bonds is 2. The molecule has 0 unspecified atom stereocenters. The van der Waals surface area contributed by atoms with Gasteiger partial charge in [0.05, 0.1) is 17.4 Å². The van der Waals surface area contributed by atoms with Crippen molar-refractivity contribution in [1.29, 1.82) is 0 Å². The second-order valence-electron chi connectivity index (χ2n) is 3.24. The highest BCUT2D eigenvalue weighted by molar-refractivity contribution is 5.54. The first kappa shape index (κ1) is 8.84. The Labute approximate surface area is 91.3 Å². The maximum Gasteiger partial charge on any atom is 0.168 e. The van der Waals surface area contributed by atoms with Crippen molar-refractivity contribution in [3.8, 4) is 17.1 Å². The monoisotopic (exact) mass is 212 g/mol. The highest BCUT2D eigenvalue weighted by Gasteiger charge is 2.10. The second-order valence-corrected chi connectivity index (χ2v) is 3.24.